The van der Waals surface area contributed by atoms with Gasteiger partial charge in [0.15, 0.2) is 5.75 Å². The Labute approximate surface area is 111 Å². The number of nitrogen functional groups attached to an aromatic ring is 2. The average Bonchev–Trinajstić information content (AvgIpc) is 2.40. The van der Waals surface area contributed by atoms with E-state index >= 15 is 0 Å². The van der Waals surface area contributed by atoms with Crippen LogP contribution in [-0.4, -0.2) is 25.8 Å². The first kappa shape index (κ1) is 13.2. The second-order valence-corrected chi connectivity index (χ2v) is 5.00. The molecule has 1 unspecified atom stereocenters. The molecule has 1 aromatic carbocycles. The molecule has 1 heterocycles. The maximum absolute atomic E-state index is 6.00. The molecular formula is C12H18N2O3S. The summed E-state index contributed by atoms with van der Waals surface area (Å²) in [5.74, 6) is 1.82. The second-order valence-electron chi connectivity index (χ2n) is 3.97. The average molecular weight is 270 g/mol. The van der Waals surface area contributed by atoms with Crippen molar-refractivity contribution < 1.29 is 14.2 Å². The lowest BCUT2D eigenvalue weighted by Crippen LogP contribution is -2.27. The van der Waals surface area contributed by atoms with E-state index in [0.717, 1.165) is 11.3 Å². The SMILES string of the molecule is CCCOC1CSc2c(N)cc(OC)c(N)c2O1. The van der Waals surface area contributed by atoms with Gasteiger partial charge in [-0.3, -0.25) is 0 Å². The Balaban J connectivity index is 2.27. The summed E-state index contributed by atoms with van der Waals surface area (Å²) >= 11 is 1.60. The van der Waals surface area contributed by atoms with E-state index in [1.807, 2.05) is 0 Å². The lowest BCUT2D eigenvalue weighted by molar-refractivity contribution is -0.0659. The van der Waals surface area contributed by atoms with E-state index in [4.69, 9.17) is 25.7 Å². The molecular weight excluding hydrogens is 252 g/mol. The van der Waals surface area contributed by atoms with E-state index in [-0.39, 0.29) is 6.29 Å². The summed E-state index contributed by atoms with van der Waals surface area (Å²) in [4.78, 5) is 0.865. The van der Waals surface area contributed by atoms with Crippen LogP contribution < -0.4 is 20.9 Å². The van der Waals surface area contributed by atoms with Crippen molar-refractivity contribution in [1.29, 1.82) is 0 Å². The highest BCUT2D eigenvalue weighted by Crippen LogP contribution is 2.47. The zero-order valence-corrected chi connectivity index (χ0v) is 11.4. The van der Waals surface area contributed by atoms with Crippen LogP contribution in [0.15, 0.2) is 11.0 Å². The van der Waals surface area contributed by atoms with Gasteiger partial charge in [-0.25, -0.2) is 0 Å². The van der Waals surface area contributed by atoms with E-state index in [2.05, 4.69) is 6.92 Å². The first-order valence-electron chi connectivity index (χ1n) is 5.84. The molecule has 0 aromatic heterocycles. The van der Waals surface area contributed by atoms with Crippen LogP contribution in [0.5, 0.6) is 11.5 Å². The topological polar surface area (TPSA) is 79.7 Å². The van der Waals surface area contributed by atoms with Crippen molar-refractivity contribution in [3.63, 3.8) is 0 Å². The summed E-state index contributed by atoms with van der Waals surface area (Å²) in [5.41, 5.74) is 13.0. The number of hydrogen-bond donors (Lipinski definition) is 2. The molecule has 0 fully saturated rings. The smallest absolute Gasteiger partial charge is 0.209 e. The molecule has 100 valence electrons. The molecule has 0 aliphatic carbocycles. The molecule has 5 nitrogen and oxygen atoms in total. The monoisotopic (exact) mass is 270 g/mol. The van der Waals surface area contributed by atoms with Crippen LogP contribution in [0.25, 0.3) is 0 Å². The summed E-state index contributed by atoms with van der Waals surface area (Å²) in [7, 11) is 1.55. The van der Waals surface area contributed by atoms with Gasteiger partial charge >= 0.3 is 0 Å². The van der Waals surface area contributed by atoms with Gasteiger partial charge in [0, 0.05) is 6.07 Å². The number of methoxy groups -OCH3 is 1. The van der Waals surface area contributed by atoms with Crippen molar-refractivity contribution in [2.24, 2.45) is 0 Å². The fourth-order valence-electron chi connectivity index (χ4n) is 1.73. The Kier molecular flexibility index (Phi) is 4.08. The van der Waals surface area contributed by atoms with Crippen LogP contribution in [0.4, 0.5) is 11.4 Å². The van der Waals surface area contributed by atoms with Crippen molar-refractivity contribution in [3.05, 3.63) is 6.07 Å². The summed E-state index contributed by atoms with van der Waals surface area (Å²) in [6.07, 6.45) is 0.670. The van der Waals surface area contributed by atoms with Gasteiger partial charge in [-0.05, 0) is 6.42 Å². The summed E-state index contributed by atoms with van der Waals surface area (Å²) in [5, 5.41) is 0. The zero-order valence-electron chi connectivity index (χ0n) is 10.6. The maximum atomic E-state index is 6.00. The molecule has 0 saturated carbocycles. The second kappa shape index (κ2) is 5.58. The largest absolute Gasteiger partial charge is 0.494 e. The number of nitrogens with two attached hydrogens (primary N) is 2. The van der Waals surface area contributed by atoms with Crippen molar-refractivity contribution in [2.75, 3.05) is 30.9 Å². The van der Waals surface area contributed by atoms with Crippen LogP contribution in [0, 0.1) is 0 Å². The minimum absolute atomic E-state index is 0.281. The first-order chi connectivity index (χ1) is 8.67. The Morgan fingerprint density at radius 2 is 2.28 bits per heavy atom. The number of hydrogen-bond acceptors (Lipinski definition) is 6. The van der Waals surface area contributed by atoms with Crippen molar-refractivity contribution in [3.8, 4) is 11.5 Å². The molecule has 1 aliphatic heterocycles. The number of rotatable bonds is 4. The Bertz CT molecular complexity index is 440. The molecule has 0 radical (unpaired) electrons. The van der Waals surface area contributed by atoms with E-state index in [1.54, 1.807) is 24.9 Å². The van der Waals surface area contributed by atoms with E-state index in [1.165, 1.54) is 0 Å². The third-order valence-electron chi connectivity index (χ3n) is 2.61. The van der Waals surface area contributed by atoms with E-state index in [0.29, 0.717) is 35.2 Å². The molecule has 1 aliphatic rings. The molecule has 1 aromatic rings. The fourth-order valence-corrected chi connectivity index (χ4v) is 2.71. The quantitative estimate of drug-likeness (QED) is 0.816. The van der Waals surface area contributed by atoms with Gasteiger partial charge in [-0.1, -0.05) is 6.92 Å². The molecule has 2 rings (SSSR count). The molecule has 0 spiro atoms. The predicted molar refractivity (Wildman–Crippen MR) is 73.2 cm³/mol. The lowest BCUT2D eigenvalue weighted by atomic mass is 10.2. The number of fused-ring (bicyclic) bond motifs is 1. The number of anilines is 2. The van der Waals surface area contributed by atoms with Gasteiger partial charge in [-0.2, -0.15) is 0 Å². The van der Waals surface area contributed by atoms with Gasteiger partial charge in [0.05, 0.1) is 30.1 Å². The Hall–Kier alpha value is -1.27. The van der Waals surface area contributed by atoms with Crippen molar-refractivity contribution in [2.45, 2.75) is 24.5 Å². The first-order valence-corrected chi connectivity index (χ1v) is 6.83. The third-order valence-corrected chi connectivity index (χ3v) is 3.75. The summed E-state index contributed by atoms with van der Waals surface area (Å²) in [6, 6.07) is 1.72. The normalized spacial score (nSPS) is 18.0. The van der Waals surface area contributed by atoms with Gasteiger partial charge in [0.1, 0.15) is 11.4 Å². The molecule has 0 bridgehead atoms. The van der Waals surface area contributed by atoms with Gasteiger partial charge in [-0.15, -0.1) is 11.8 Å². The molecule has 0 saturated heterocycles. The zero-order chi connectivity index (χ0) is 13.1. The summed E-state index contributed by atoms with van der Waals surface area (Å²) < 4.78 is 16.5. The Morgan fingerprint density at radius 3 is 2.94 bits per heavy atom. The summed E-state index contributed by atoms with van der Waals surface area (Å²) in [6.45, 7) is 2.72. The predicted octanol–water partition coefficient (Wildman–Crippen LogP) is 2.10. The van der Waals surface area contributed by atoms with Gasteiger partial charge < -0.3 is 25.7 Å². The van der Waals surface area contributed by atoms with E-state index in [9.17, 15) is 0 Å². The van der Waals surface area contributed by atoms with Gasteiger partial charge in [0.2, 0.25) is 6.29 Å². The van der Waals surface area contributed by atoms with Crippen LogP contribution in [-0.2, 0) is 4.74 Å². The molecule has 6 heteroatoms. The van der Waals surface area contributed by atoms with Crippen LogP contribution in [0.1, 0.15) is 13.3 Å². The minimum atomic E-state index is -0.281. The van der Waals surface area contributed by atoms with Crippen LogP contribution in [0.2, 0.25) is 0 Å². The lowest BCUT2D eigenvalue weighted by Gasteiger charge is -2.28. The standard InChI is InChI=1S/C12H18N2O3S/c1-3-4-16-9-6-18-12-7(13)5-8(15-2)10(14)11(12)17-9/h5,9H,3-4,6,13-14H2,1-2H3. The number of thioether (sulfide) groups is 1. The third kappa shape index (κ3) is 2.44. The van der Waals surface area contributed by atoms with Crippen molar-refractivity contribution >= 4 is 23.1 Å². The highest BCUT2D eigenvalue weighted by atomic mass is 32.2. The Morgan fingerprint density at radius 1 is 1.50 bits per heavy atom. The molecule has 18 heavy (non-hydrogen) atoms. The van der Waals surface area contributed by atoms with Gasteiger partial charge in [0.25, 0.3) is 0 Å². The molecule has 0 amide bonds. The van der Waals surface area contributed by atoms with E-state index < -0.39 is 0 Å². The minimum Gasteiger partial charge on any atom is -0.494 e. The van der Waals surface area contributed by atoms with Crippen LogP contribution >= 0.6 is 11.8 Å². The van der Waals surface area contributed by atoms with Crippen LogP contribution in [0.3, 0.4) is 0 Å². The molecule has 4 N–H and O–H groups in total. The van der Waals surface area contributed by atoms with Crippen molar-refractivity contribution in [1.82, 2.24) is 0 Å². The molecule has 1 atom stereocenters. The number of ether oxygens (including phenoxy) is 3. The highest BCUT2D eigenvalue weighted by Gasteiger charge is 2.26. The maximum Gasteiger partial charge on any atom is 0.209 e. The fraction of sp³-hybridized carbons (Fsp3) is 0.500. The highest BCUT2D eigenvalue weighted by molar-refractivity contribution is 7.99. The number of benzene rings is 1.